The number of pyridine rings is 1. The van der Waals surface area contributed by atoms with Gasteiger partial charge in [0.2, 0.25) is 0 Å². The summed E-state index contributed by atoms with van der Waals surface area (Å²) < 4.78 is 26.5. The minimum absolute atomic E-state index is 0.0105. The highest BCUT2D eigenvalue weighted by Gasteiger charge is 2.13. The molecule has 0 bridgehead atoms. The van der Waals surface area contributed by atoms with Crippen LogP contribution in [-0.4, -0.2) is 16.6 Å². The topological polar surface area (TPSA) is 65.1 Å². The number of aliphatic hydroxyl groups excluding tert-OH is 1. The van der Waals surface area contributed by atoms with E-state index in [4.69, 9.17) is 0 Å². The molecule has 0 aliphatic heterocycles. The molecule has 6 heteroatoms. The Hall–Kier alpha value is -2.57. The third-order valence-corrected chi connectivity index (χ3v) is 3.81. The third kappa shape index (κ3) is 3.50. The molecule has 0 saturated carbocycles. The van der Waals surface area contributed by atoms with Crippen molar-refractivity contribution in [2.45, 2.75) is 12.6 Å². The van der Waals surface area contributed by atoms with Crippen LogP contribution in [0.15, 0.2) is 53.3 Å². The highest BCUT2D eigenvalue weighted by atomic mass is 19.1. The lowest BCUT2D eigenvalue weighted by Gasteiger charge is -2.13. The summed E-state index contributed by atoms with van der Waals surface area (Å²) >= 11 is 0. The smallest absolute Gasteiger partial charge is 0.252 e. The van der Waals surface area contributed by atoms with E-state index in [-0.39, 0.29) is 24.2 Å². The first-order valence-corrected chi connectivity index (χ1v) is 7.49. The summed E-state index contributed by atoms with van der Waals surface area (Å²) in [5.41, 5.74) is 1.06. The number of H-pyrrole nitrogens is 1. The maximum Gasteiger partial charge on any atom is 0.252 e. The van der Waals surface area contributed by atoms with Crippen molar-refractivity contribution in [3.8, 4) is 0 Å². The van der Waals surface area contributed by atoms with Gasteiger partial charge in [0.15, 0.2) is 0 Å². The molecule has 1 aromatic heterocycles. The van der Waals surface area contributed by atoms with E-state index < -0.39 is 17.7 Å². The Morgan fingerprint density at radius 1 is 1.12 bits per heavy atom. The van der Waals surface area contributed by atoms with Gasteiger partial charge in [-0.2, -0.15) is 0 Å². The number of aromatic amines is 1. The van der Waals surface area contributed by atoms with E-state index in [1.807, 2.05) is 24.3 Å². The number of hydrogen-bond donors (Lipinski definition) is 3. The fourth-order valence-corrected chi connectivity index (χ4v) is 2.55. The summed E-state index contributed by atoms with van der Waals surface area (Å²) in [6, 6.07) is 12.2. The molecule has 0 unspecified atom stereocenters. The maximum atomic E-state index is 13.6. The minimum Gasteiger partial charge on any atom is -0.387 e. The van der Waals surface area contributed by atoms with E-state index >= 15 is 0 Å². The Morgan fingerprint density at radius 2 is 1.92 bits per heavy atom. The zero-order valence-corrected chi connectivity index (χ0v) is 12.7. The number of aliphatic hydroxyl groups is 1. The van der Waals surface area contributed by atoms with Crippen LogP contribution >= 0.6 is 0 Å². The van der Waals surface area contributed by atoms with Gasteiger partial charge in [0.25, 0.3) is 5.56 Å². The van der Waals surface area contributed by atoms with Crippen molar-refractivity contribution in [2.24, 2.45) is 0 Å². The molecule has 1 atom stereocenters. The molecule has 0 fully saturated rings. The Balaban J connectivity index is 1.68. The van der Waals surface area contributed by atoms with E-state index in [1.165, 1.54) is 6.07 Å². The van der Waals surface area contributed by atoms with Gasteiger partial charge in [0.05, 0.1) is 6.10 Å². The molecule has 0 aliphatic carbocycles. The zero-order valence-electron chi connectivity index (χ0n) is 12.7. The van der Waals surface area contributed by atoms with Crippen molar-refractivity contribution in [3.05, 3.63) is 81.6 Å². The van der Waals surface area contributed by atoms with E-state index in [0.29, 0.717) is 5.56 Å². The summed E-state index contributed by atoms with van der Waals surface area (Å²) in [6.45, 7) is 0.259. The summed E-state index contributed by atoms with van der Waals surface area (Å²) in [7, 11) is 0. The van der Waals surface area contributed by atoms with Crippen LogP contribution in [0.25, 0.3) is 10.9 Å². The second-order valence-corrected chi connectivity index (χ2v) is 5.52. The molecule has 1 heterocycles. The van der Waals surface area contributed by atoms with Gasteiger partial charge < -0.3 is 15.4 Å². The van der Waals surface area contributed by atoms with Crippen LogP contribution in [-0.2, 0) is 6.54 Å². The fourth-order valence-electron chi connectivity index (χ4n) is 2.55. The van der Waals surface area contributed by atoms with Gasteiger partial charge in [-0.05, 0) is 23.6 Å². The quantitative estimate of drug-likeness (QED) is 0.674. The summed E-state index contributed by atoms with van der Waals surface area (Å²) in [5, 5.41) is 13.8. The third-order valence-electron chi connectivity index (χ3n) is 3.81. The van der Waals surface area contributed by atoms with Crippen molar-refractivity contribution in [2.75, 3.05) is 6.54 Å². The summed E-state index contributed by atoms with van der Waals surface area (Å²) in [4.78, 5) is 14.8. The molecule has 0 spiro atoms. The molecular weight excluding hydrogens is 314 g/mol. The highest BCUT2D eigenvalue weighted by Crippen LogP contribution is 2.17. The van der Waals surface area contributed by atoms with Crippen molar-refractivity contribution in [1.29, 1.82) is 0 Å². The average molecular weight is 330 g/mol. The molecule has 3 N–H and O–H groups in total. The molecule has 3 aromatic rings. The molecule has 24 heavy (non-hydrogen) atoms. The average Bonchev–Trinajstić information content (AvgIpc) is 2.55. The Kier molecular flexibility index (Phi) is 4.69. The lowest BCUT2D eigenvalue weighted by Crippen LogP contribution is -2.25. The molecule has 3 rings (SSSR count). The maximum absolute atomic E-state index is 13.6. The second-order valence-electron chi connectivity index (χ2n) is 5.52. The van der Waals surface area contributed by atoms with Crippen molar-refractivity contribution >= 4 is 10.9 Å². The predicted molar refractivity (Wildman–Crippen MR) is 87.6 cm³/mol. The normalized spacial score (nSPS) is 12.5. The Labute approximate surface area is 136 Å². The van der Waals surface area contributed by atoms with Crippen LogP contribution in [0, 0.1) is 11.6 Å². The second kappa shape index (κ2) is 6.90. The first-order valence-electron chi connectivity index (χ1n) is 7.49. The van der Waals surface area contributed by atoms with E-state index in [2.05, 4.69) is 10.3 Å². The van der Waals surface area contributed by atoms with Gasteiger partial charge in [0, 0.05) is 35.8 Å². The first-order chi connectivity index (χ1) is 11.5. The Bertz CT molecular complexity index is 924. The standard InChI is InChI=1S/C18H16F2N2O2/c19-13-5-6-14(15(20)8-13)17(23)10-21-9-12-7-11-3-1-2-4-16(11)22-18(12)24/h1-8,17,21,23H,9-10H2,(H,22,24)/t17-/m0/s1. The largest absolute Gasteiger partial charge is 0.387 e. The van der Waals surface area contributed by atoms with Crippen LogP contribution in [0.4, 0.5) is 8.78 Å². The van der Waals surface area contributed by atoms with Crippen LogP contribution < -0.4 is 10.9 Å². The van der Waals surface area contributed by atoms with E-state index in [0.717, 1.165) is 23.0 Å². The van der Waals surface area contributed by atoms with Crippen LogP contribution in [0.1, 0.15) is 17.2 Å². The molecule has 4 nitrogen and oxygen atoms in total. The number of halogens is 2. The lowest BCUT2D eigenvalue weighted by molar-refractivity contribution is 0.169. The number of fused-ring (bicyclic) bond motifs is 1. The number of rotatable bonds is 5. The minimum atomic E-state index is -1.13. The van der Waals surface area contributed by atoms with Crippen molar-refractivity contribution < 1.29 is 13.9 Å². The van der Waals surface area contributed by atoms with Gasteiger partial charge in [-0.3, -0.25) is 4.79 Å². The van der Waals surface area contributed by atoms with Gasteiger partial charge in [-0.15, -0.1) is 0 Å². The van der Waals surface area contributed by atoms with Crippen molar-refractivity contribution in [3.63, 3.8) is 0 Å². The number of nitrogens with one attached hydrogen (secondary N) is 2. The number of hydrogen-bond acceptors (Lipinski definition) is 3. The molecular formula is C18H16F2N2O2. The SMILES string of the molecule is O=c1[nH]c2ccccc2cc1CNC[C@H](O)c1ccc(F)cc1F. The molecule has 0 radical (unpaired) electrons. The highest BCUT2D eigenvalue weighted by molar-refractivity contribution is 5.78. The van der Waals surface area contributed by atoms with Crippen molar-refractivity contribution in [1.82, 2.24) is 10.3 Å². The number of aromatic nitrogens is 1. The zero-order chi connectivity index (χ0) is 17.1. The van der Waals surface area contributed by atoms with Gasteiger partial charge >= 0.3 is 0 Å². The van der Waals surface area contributed by atoms with Gasteiger partial charge in [0.1, 0.15) is 11.6 Å². The van der Waals surface area contributed by atoms with Crippen LogP contribution in [0.2, 0.25) is 0 Å². The van der Waals surface area contributed by atoms with Crippen LogP contribution in [0.5, 0.6) is 0 Å². The molecule has 0 amide bonds. The molecule has 2 aromatic carbocycles. The monoisotopic (exact) mass is 330 g/mol. The van der Waals surface area contributed by atoms with E-state index in [9.17, 15) is 18.7 Å². The van der Waals surface area contributed by atoms with E-state index in [1.54, 1.807) is 6.07 Å². The molecule has 0 aliphatic rings. The fraction of sp³-hybridized carbons (Fsp3) is 0.167. The summed E-state index contributed by atoms with van der Waals surface area (Å²) in [5.74, 6) is -1.49. The lowest BCUT2D eigenvalue weighted by atomic mass is 10.1. The summed E-state index contributed by atoms with van der Waals surface area (Å²) in [6.07, 6.45) is -1.13. The van der Waals surface area contributed by atoms with Crippen LogP contribution in [0.3, 0.4) is 0 Å². The number of para-hydroxylation sites is 1. The first kappa shape index (κ1) is 16.3. The number of benzene rings is 2. The Morgan fingerprint density at radius 3 is 2.71 bits per heavy atom. The van der Waals surface area contributed by atoms with Gasteiger partial charge in [-0.1, -0.05) is 24.3 Å². The predicted octanol–water partition coefficient (Wildman–Crippen LogP) is 2.63. The molecule has 0 saturated heterocycles. The van der Waals surface area contributed by atoms with Gasteiger partial charge in [-0.25, -0.2) is 8.78 Å². The molecule has 124 valence electrons.